The molecule has 1 atom stereocenters. The van der Waals surface area contributed by atoms with E-state index >= 15 is 0 Å². The molecule has 1 spiro atoms. The highest BCUT2D eigenvalue weighted by molar-refractivity contribution is 4.99. The Morgan fingerprint density at radius 3 is 2.75 bits per heavy atom. The van der Waals surface area contributed by atoms with Crippen molar-refractivity contribution in [3.05, 3.63) is 0 Å². The Bertz CT molecular complexity index is 203. The van der Waals surface area contributed by atoms with E-state index < -0.39 is 0 Å². The van der Waals surface area contributed by atoms with E-state index in [4.69, 9.17) is 10.00 Å². The van der Waals surface area contributed by atoms with E-state index in [2.05, 4.69) is 11.4 Å². The van der Waals surface area contributed by atoms with Gasteiger partial charge in [0.25, 0.3) is 0 Å². The van der Waals surface area contributed by atoms with Gasteiger partial charge in [-0.05, 0) is 32.4 Å². The number of nitrogens with one attached hydrogen (secondary N) is 1. The van der Waals surface area contributed by atoms with Gasteiger partial charge in [-0.2, -0.15) is 5.26 Å². The first-order chi connectivity index (χ1) is 5.85. The molecule has 2 aliphatic heterocycles. The van der Waals surface area contributed by atoms with E-state index in [-0.39, 0.29) is 11.5 Å². The third kappa shape index (κ3) is 1.33. The molecule has 0 saturated carbocycles. The molecule has 3 nitrogen and oxygen atoms in total. The van der Waals surface area contributed by atoms with Crippen molar-refractivity contribution in [2.75, 3.05) is 19.7 Å². The lowest BCUT2D eigenvalue weighted by molar-refractivity contribution is -0.0194. The largest absolute Gasteiger partial charge is 0.373 e. The van der Waals surface area contributed by atoms with Crippen molar-refractivity contribution in [2.24, 2.45) is 5.92 Å². The number of hydrogen-bond donors (Lipinski definition) is 1. The maximum absolute atomic E-state index is 8.73. The standard InChI is InChI=1S/C9H14N2O/c10-6-8-5-9(12-7-8)1-3-11-4-2-9/h8,11H,1-5,7H2/t8-/m1/s1. The van der Waals surface area contributed by atoms with Crippen LogP contribution in [0.3, 0.4) is 0 Å². The minimum absolute atomic E-state index is 0.0612. The Morgan fingerprint density at radius 1 is 1.42 bits per heavy atom. The van der Waals surface area contributed by atoms with Crippen LogP contribution in [0.1, 0.15) is 19.3 Å². The SMILES string of the molecule is N#C[C@@H]1COC2(CCNCC2)C1. The molecule has 0 bridgehead atoms. The van der Waals surface area contributed by atoms with Gasteiger partial charge >= 0.3 is 0 Å². The lowest BCUT2D eigenvalue weighted by Gasteiger charge is -2.32. The van der Waals surface area contributed by atoms with E-state index in [1.807, 2.05) is 0 Å². The second kappa shape index (κ2) is 3.04. The molecule has 1 N–H and O–H groups in total. The Labute approximate surface area is 72.7 Å². The predicted molar refractivity (Wildman–Crippen MR) is 44.5 cm³/mol. The molecule has 2 fully saturated rings. The Kier molecular flexibility index (Phi) is 2.03. The molecule has 66 valence electrons. The second-order valence-electron chi connectivity index (χ2n) is 3.77. The van der Waals surface area contributed by atoms with Gasteiger partial charge in [0, 0.05) is 0 Å². The van der Waals surface area contributed by atoms with Gasteiger partial charge in [-0.25, -0.2) is 0 Å². The van der Waals surface area contributed by atoms with Gasteiger partial charge in [-0.1, -0.05) is 0 Å². The highest BCUT2D eigenvalue weighted by Crippen LogP contribution is 2.36. The summed E-state index contributed by atoms with van der Waals surface area (Å²) in [4.78, 5) is 0. The van der Waals surface area contributed by atoms with Gasteiger partial charge < -0.3 is 10.1 Å². The smallest absolute Gasteiger partial charge is 0.0724 e. The van der Waals surface area contributed by atoms with Gasteiger partial charge in [0.2, 0.25) is 0 Å². The van der Waals surface area contributed by atoms with E-state index in [1.165, 1.54) is 0 Å². The number of nitrogens with zero attached hydrogens (tertiary/aromatic N) is 1. The summed E-state index contributed by atoms with van der Waals surface area (Å²) in [6.45, 7) is 2.73. The zero-order valence-electron chi connectivity index (χ0n) is 7.18. The number of hydrogen-bond acceptors (Lipinski definition) is 3. The molecule has 0 amide bonds. The topological polar surface area (TPSA) is 45.0 Å². The fourth-order valence-electron chi connectivity index (χ4n) is 2.16. The Balaban J connectivity index is 1.99. The summed E-state index contributed by atoms with van der Waals surface area (Å²) in [7, 11) is 0. The Hall–Kier alpha value is -0.590. The van der Waals surface area contributed by atoms with Gasteiger partial charge in [-0.3, -0.25) is 0 Å². The van der Waals surface area contributed by atoms with Crippen LogP contribution >= 0.6 is 0 Å². The molecule has 2 saturated heterocycles. The quantitative estimate of drug-likeness (QED) is 0.575. The zero-order valence-corrected chi connectivity index (χ0v) is 7.18. The highest BCUT2D eigenvalue weighted by atomic mass is 16.5. The van der Waals surface area contributed by atoms with Crippen molar-refractivity contribution in [3.8, 4) is 6.07 Å². The van der Waals surface area contributed by atoms with Crippen molar-refractivity contribution in [1.82, 2.24) is 5.32 Å². The molecule has 3 heteroatoms. The third-order valence-corrected chi connectivity index (χ3v) is 2.91. The van der Waals surface area contributed by atoms with Crippen LogP contribution < -0.4 is 5.32 Å². The molecule has 0 aliphatic carbocycles. The molecule has 0 aromatic rings. The number of ether oxygens (including phenoxy) is 1. The maximum Gasteiger partial charge on any atom is 0.0724 e. The fourth-order valence-corrected chi connectivity index (χ4v) is 2.16. The summed E-state index contributed by atoms with van der Waals surface area (Å²) in [6, 6.07) is 2.29. The van der Waals surface area contributed by atoms with E-state index in [9.17, 15) is 0 Å². The molecule has 0 aromatic heterocycles. The monoisotopic (exact) mass is 166 g/mol. The lowest BCUT2D eigenvalue weighted by atomic mass is 9.86. The second-order valence-corrected chi connectivity index (χ2v) is 3.77. The van der Waals surface area contributed by atoms with Crippen LogP contribution in [0.2, 0.25) is 0 Å². The zero-order chi connectivity index (χ0) is 8.44. The van der Waals surface area contributed by atoms with Gasteiger partial charge in [0.1, 0.15) is 0 Å². The lowest BCUT2D eigenvalue weighted by Crippen LogP contribution is -2.41. The maximum atomic E-state index is 8.73. The summed E-state index contributed by atoms with van der Waals surface area (Å²) in [5.74, 6) is 0.142. The average molecular weight is 166 g/mol. The third-order valence-electron chi connectivity index (χ3n) is 2.91. The molecule has 0 radical (unpaired) electrons. The average Bonchev–Trinajstić information content (AvgIpc) is 2.50. The van der Waals surface area contributed by atoms with Crippen LogP contribution in [0.4, 0.5) is 0 Å². The van der Waals surface area contributed by atoms with Crippen LogP contribution in [0.15, 0.2) is 0 Å². The predicted octanol–water partition coefficient (Wildman–Crippen LogP) is 0.669. The number of piperidine rings is 1. The molecule has 0 unspecified atom stereocenters. The van der Waals surface area contributed by atoms with Gasteiger partial charge in [0.05, 0.1) is 24.2 Å². The van der Waals surface area contributed by atoms with Crippen LogP contribution in [-0.2, 0) is 4.74 Å². The highest BCUT2D eigenvalue weighted by Gasteiger charge is 2.40. The molecule has 2 heterocycles. The van der Waals surface area contributed by atoms with Crippen molar-refractivity contribution in [3.63, 3.8) is 0 Å². The molecule has 12 heavy (non-hydrogen) atoms. The number of nitriles is 1. The number of rotatable bonds is 0. The van der Waals surface area contributed by atoms with Gasteiger partial charge in [-0.15, -0.1) is 0 Å². The summed E-state index contributed by atoms with van der Waals surface area (Å²) in [6.07, 6.45) is 3.10. The minimum atomic E-state index is 0.0612. The fraction of sp³-hybridized carbons (Fsp3) is 0.889. The molecule has 2 aliphatic rings. The van der Waals surface area contributed by atoms with E-state index in [0.717, 1.165) is 32.4 Å². The molecular weight excluding hydrogens is 152 g/mol. The minimum Gasteiger partial charge on any atom is -0.373 e. The molecular formula is C9H14N2O. The first-order valence-corrected chi connectivity index (χ1v) is 4.59. The van der Waals surface area contributed by atoms with Crippen molar-refractivity contribution >= 4 is 0 Å². The molecule has 0 aromatic carbocycles. The van der Waals surface area contributed by atoms with Crippen molar-refractivity contribution in [1.29, 1.82) is 5.26 Å². The van der Waals surface area contributed by atoms with Crippen molar-refractivity contribution in [2.45, 2.75) is 24.9 Å². The van der Waals surface area contributed by atoms with Crippen LogP contribution in [0, 0.1) is 17.2 Å². The summed E-state index contributed by atoms with van der Waals surface area (Å²) in [5.41, 5.74) is 0.0612. The van der Waals surface area contributed by atoms with Crippen molar-refractivity contribution < 1.29 is 4.74 Å². The van der Waals surface area contributed by atoms with Crippen LogP contribution in [0.25, 0.3) is 0 Å². The molecule has 2 rings (SSSR count). The van der Waals surface area contributed by atoms with E-state index in [0.29, 0.717) is 6.61 Å². The van der Waals surface area contributed by atoms with Crippen LogP contribution in [0.5, 0.6) is 0 Å². The first kappa shape index (κ1) is 8.03. The normalized spacial score (nSPS) is 33.4. The van der Waals surface area contributed by atoms with E-state index in [1.54, 1.807) is 0 Å². The Morgan fingerprint density at radius 2 is 2.17 bits per heavy atom. The summed E-state index contributed by atoms with van der Waals surface area (Å²) < 4.78 is 5.72. The summed E-state index contributed by atoms with van der Waals surface area (Å²) in [5, 5.41) is 12.0. The van der Waals surface area contributed by atoms with Crippen LogP contribution in [-0.4, -0.2) is 25.3 Å². The summed E-state index contributed by atoms with van der Waals surface area (Å²) >= 11 is 0. The van der Waals surface area contributed by atoms with Gasteiger partial charge in [0.15, 0.2) is 0 Å². The first-order valence-electron chi connectivity index (χ1n) is 4.59.